The van der Waals surface area contributed by atoms with Crippen LogP contribution in [0.15, 0.2) is 0 Å². The molecule has 4 aliphatic rings. The summed E-state index contributed by atoms with van der Waals surface area (Å²) in [7, 11) is 0. The van der Waals surface area contributed by atoms with Gasteiger partial charge >= 0.3 is 0 Å². The van der Waals surface area contributed by atoms with Crippen molar-refractivity contribution in [3.05, 3.63) is 0 Å². The molecule has 4 aliphatic carbocycles. The molecule has 0 unspecified atom stereocenters. The number of hydrogen-bond acceptors (Lipinski definition) is 2. The molecule has 0 heterocycles. The lowest BCUT2D eigenvalue weighted by atomic mass is 9.49. The standard InChI is InChI=1S/C13H18O2/c1-6-10-7-2-3-8(4-7)11(10)13(6)5-9(13)12(14)15/h6-11H,2-5H2,1H3,(H,14,15)/p-1/t6-,7-,8+,9-,10+,11+,13+/m1/s1. The summed E-state index contributed by atoms with van der Waals surface area (Å²) in [5.74, 6) is 3.28. The summed E-state index contributed by atoms with van der Waals surface area (Å²) >= 11 is 0. The van der Waals surface area contributed by atoms with E-state index in [2.05, 4.69) is 6.92 Å². The lowest BCUT2D eigenvalue weighted by Gasteiger charge is -2.55. The Labute approximate surface area is 90.1 Å². The SMILES string of the molecule is C[C@@H]1[C@H]2[C@@H]3CC[C@@H](C3)[C@@H]2[C@@]12C[C@@H]2C(=O)[O-]. The summed E-state index contributed by atoms with van der Waals surface area (Å²) in [6.07, 6.45) is 5.13. The van der Waals surface area contributed by atoms with Crippen molar-refractivity contribution in [2.45, 2.75) is 32.6 Å². The van der Waals surface area contributed by atoms with Gasteiger partial charge in [0.05, 0.1) is 0 Å². The summed E-state index contributed by atoms with van der Waals surface area (Å²) in [6, 6.07) is 0. The first-order valence-corrected chi connectivity index (χ1v) is 6.37. The second-order valence-electron chi connectivity index (χ2n) is 6.41. The molecule has 0 aromatic carbocycles. The molecule has 0 saturated heterocycles. The Bertz CT molecular complexity index is 350. The monoisotopic (exact) mass is 205 g/mol. The fraction of sp³-hybridized carbons (Fsp3) is 0.923. The van der Waals surface area contributed by atoms with E-state index in [1.807, 2.05) is 0 Å². The Morgan fingerprint density at radius 3 is 2.73 bits per heavy atom. The molecule has 0 aromatic heterocycles. The highest BCUT2D eigenvalue weighted by Crippen LogP contribution is 2.81. The minimum atomic E-state index is -0.775. The molecule has 4 saturated carbocycles. The van der Waals surface area contributed by atoms with Crippen LogP contribution in [0.1, 0.15) is 32.6 Å². The molecule has 2 nitrogen and oxygen atoms in total. The summed E-state index contributed by atoms with van der Waals surface area (Å²) in [6.45, 7) is 2.30. The average molecular weight is 205 g/mol. The number of carbonyl (C=O) groups excluding carboxylic acids is 1. The molecule has 0 N–H and O–H groups in total. The van der Waals surface area contributed by atoms with Crippen molar-refractivity contribution in [3.8, 4) is 0 Å². The molecule has 0 amide bonds. The number of carboxylic acids is 1. The van der Waals surface area contributed by atoms with Crippen LogP contribution >= 0.6 is 0 Å². The highest BCUT2D eigenvalue weighted by Gasteiger charge is 2.77. The number of rotatable bonds is 1. The molecular weight excluding hydrogens is 188 g/mol. The van der Waals surface area contributed by atoms with Crippen molar-refractivity contribution in [2.75, 3.05) is 0 Å². The zero-order valence-corrected chi connectivity index (χ0v) is 9.11. The molecule has 2 heteroatoms. The lowest BCUT2D eigenvalue weighted by Crippen LogP contribution is -2.52. The molecular formula is C13H17O2-. The third-order valence-corrected chi connectivity index (χ3v) is 6.36. The van der Waals surface area contributed by atoms with Crippen molar-refractivity contribution in [2.24, 2.45) is 40.9 Å². The van der Waals surface area contributed by atoms with Crippen LogP contribution < -0.4 is 5.11 Å². The predicted octanol–water partition coefficient (Wildman–Crippen LogP) is 1.05. The first-order valence-electron chi connectivity index (χ1n) is 6.37. The van der Waals surface area contributed by atoms with Gasteiger partial charge in [0, 0.05) is 11.9 Å². The Kier molecular flexibility index (Phi) is 1.29. The van der Waals surface area contributed by atoms with E-state index in [4.69, 9.17) is 0 Å². The number of carboxylic acid groups (broad SMARTS) is 1. The van der Waals surface area contributed by atoms with Gasteiger partial charge in [-0.15, -0.1) is 0 Å². The molecule has 1 spiro atoms. The van der Waals surface area contributed by atoms with E-state index in [-0.39, 0.29) is 11.3 Å². The Hall–Kier alpha value is -0.530. The minimum absolute atomic E-state index is 0.0897. The summed E-state index contributed by atoms with van der Waals surface area (Å²) in [5.41, 5.74) is 0.212. The van der Waals surface area contributed by atoms with Crippen LogP contribution in [0.5, 0.6) is 0 Å². The molecule has 0 aliphatic heterocycles. The topological polar surface area (TPSA) is 40.1 Å². The van der Waals surface area contributed by atoms with Crippen molar-refractivity contribution < 1.29 is 9.90 Å². The minimum Gasteiger partial charge on any atom is -0.550 e. The zero-order chi connectivity index (χ0) is 10.4. The van der Waals surface area contributed by atoms with E-state index in [0.29, 0.717) is 5.92 Å². The maximum Gasteiger partial charge on any atom is 0.0451 e. The van der Waals surface area contributed by atoms with Gasteiger partial charge in [0.1, 0.15) is 0 Å². The number of hydrogen-bond donors (Lipinski definition) is 0. The predicted molar refractivity (Wildman–Crippen MR) is 52.5 cm³/mol. The van der Waals surface area contributed by atoms with Gasteiger partial charge in [0.25, 0.3) is 0 Å². The maximum absolute atomic E-state index is 11.0. The lowest BCUT2D eigenvalue weighted by molar-refractivity contribution is -0.310. The van der Waals surface area contributed by atoms with Gasteiger partial charge in [-0.25, -0.2) is 0 Å². The van der Waals surface area contributed by atoms with Crippen molar-refractivity contribution in [1.29, 1.82) is 0 Å². The second kappa shape index (κ2) is 2.26. The van der Waals surface area contributed by atoms with Gasteiger partial charge in [0.15, 0.2) is 0 Å². The third kappa shape index (κ3) is 0.724. The second-order valence-corrected chi connectivity index (χ2v) is 6.41. The van der Waals surface area contributed by atoms with Crippen molar-refractivity contribution in [1.82, 2.24) is 0 Å². The van der Waals surface area contributed by atoms with Crippen LogP contribution in [0.4, 0.5) is 0 Å². The van der Waals surface area contributed by atoms with Crippen LogP contribution in [0.2, 0.25) is 0 Å². The first-order chi connectivity index (χ1) is 7.16. The summed E-state index contributed by atoms with van der Waals surface area (Å²) in [5, 5.41) is 11.0. The van der Waals surface area contributed by atoms with E-state index in [1.54, 1.807) is 0 Å². The fourth-order valence-electron chi connectivity index (χ4n) is 5.86. The van der Waals surface area contributed by atoms with Crippen LogP contribution in [0.25, 0.3) is 0 Å². The highest BCUT2D eigenvalue weighted by atomic mass is 16.4. The maximum atomic E-state index is 11.0. The molecule has 4 fully saturated rings. The normalized spacial score (nSPS) is 64.1. The van der Waals surface area contributed by atoms with Crippen molar-refractivity contribution in [3.63, 3.8) is 0 Å². The fourth-order valence-corrected chi connectivity index (χ4v) is 5.86. The van der Waals surface area contributed by atoms with Gasteiger partial charge in [-0.05, 0) is 60.7 Å². The van der Waals surface area contributed by atoms with E-state index in [1.165, 1.54) is 19.3 Å². The molecule has 7 atom stereocenters. The van der Waals surface area contributed by atoms with Crippen LogP contribution in [0, 0.1) is 40.9 Å². The van der Waals surface area contributed by atoms with Crippen LogP contribution in [-0.4, -0.2) is 5.97 Å². The van der Waals surface area contributed by atoms with Gasteiger partial charge in [-0.2, -0.15) is 0 Å². The van der Waals surface area contributed by atoms with Gasteiger partial charge in [0.2, 0.25) is 0 Å². The molecule has 15 heavy (non-hydrogen) atoms. The van der Waals surface area contributed by atoms with Gasteiger partial charge in [-0.3, -0.25) is 0 Å². The van der Waals surface area contributed by atoms with E-state index in [9.17, 15) is 9.90 Å². The largest absolute Gasteiger partial charge is 0.550 e. The van der Waals surface area contributed by atoms with Crippen LogP contribution in [0.3, 0.4) is 0 Å². The Morgan fingerprint density at radius 2 is 2.07 bits per heavy atom. The zero-order valence-electron chi connectivity index (χ0n) is 9.11. The summed E-state index contributed by atoms with van der Waals surface area (Å²) in [4.78, 5) is 11.0. The number of fused-ring (bicyclic) bond motifs is 6. The number of aliphatic carboxylic acids is 1. The molecule has 0 aromatic rings. The first kappa shape index (κ1) is 8.60. The average Bonchev–Trinajstić information content (AvgIpc) is 2.75. The number of carbonyl (C=O) groups is 1. The highest BCUT2D eigenvalue weighted by molar-refractivity contribution is 5.73. The van der Waals surface area contributed by atoms with E-state index >= 15 is 0 Å². The quantitative estimate of drug-likeness (QED) is 0.642. The smallest absolute Gasteiger partial charge is 0.0451 e. The Balaban J connectivity index is 1.67. The molecule has 0 radical (unpaired) electrons. The van der Waals surface area contributed by atoms with Crippen LogP contribution in [-0.2, 0) is 4.79 Å². The molecule has 4 rings (SSSR count). The summed E-state index contributed by atoms with van der Waals surface area (Å²) < 4.78 is 0. The van der Waals surface area contributed by atoms with Crippen molar-refractivity contribution >= 4 is 5.97 Å². The Morgan fingerprint density at radius 1 is 1.33 bits per heavy atom. The van der Waals surface area contributed by atoms with E-state index in [0.717, 1.165) is 30.1 Å². The third-order valence-electron chi connectivity index (χ3n) is 6.36. The molecule has 82 valence electrons. The van der Waals surface area contributed by atoms with Gasteiger partial charge < -0.3 is 9.90 Å². The van der Waals surface area contributed by atoms with E-state index < -0.39 is 5.97 Å². The molecule has 2 bridgehead atoms. The van der Waals surface area contributed by atoms with Gasteiger partial charge in [-0.1, -0.05) is 6.92 Å².